The number of urea groups is 1. The summed E-state index contributed by atoms with van der Waals surface area (Å²) in [5.41, 5.74) is -0.797. The number of carboxylic acid groups (broad SMARTS) is 1. The molecule has 2 amide bonds. The van der Waals surface area contributed by atoms with Crippen LogP contribution in [0.2, 0.25) is 0 Å². The summed E-state index contributed by atoms with van der Waals surface area (Å²) in [6, 6.07) is 0.519. The van der Waals surface area contributed by atoms with E-state index in [2.05, 4.69) is 10.6 Å². The highest BCUT2D eigenvalue weighted by Gasteiger charge is 2.16. The van der Waals surface area contributed by atoms with Crippen molar-refractivity contribution in [3.63, 3.8) is 0 Å². The maximum Gasteiger partial charge on any atom is 0.337 e. The predicted molar refractivity (Wildman–Crippen MR) is 78.0 cm³/mol. The van der Waals surface area contributed by atoms with Crippen LogP contribution in [0.3, 0.4) is 0 Å². The number of carboxylic acids is 1. The lowest BCUT2D eigenvalue weighted by molar-refractivity contribution is 0.0697. The second-order valence-corrected chi connectivity index (χ2v) is 5.18. The Morgan fingerprint density at radius 3 is 2.52 bits per heavy atom. The Morgan fingerprint density at radius 2 is 1.90 bits per heavy atom. The minimum atomic E-state index is -1.45. The number of unbranched alkanes of at least 4 members (excludes halogenated alkanes) is 1. The summed E-state index contributed by atoms with van der Waals surface area (Å²) in [6.45, 7) is 0.415. The lowest BCUT2D eigenvalue weighted by Crippen LogP contribution is -2.30. The fourth-order valence-electron chi connectivity index (χ4n) is 1.57. The van der Waals surface area contributed by atoms with E-state index in [0.717, 1.165) is 18.6 Å². The van der Waals surface area contributed by atoms with Gasteiger partial charge in [-0.25, -0.2) is 18.4 Å². The molecule has 116 valence electrons. The van der Waals surface area contributed by atoms with E-state index < -0.39 is 29.2 Å². The number of amides is 2. The monoisotopic (exact) mass is 318 g/mol. The van der Waals surface area contributed by atoms with Crippen LogP contribution in [0, 0.1) is 11.6 Å². The number of rotatable bonds is 7. The average Bonchev–Trinajstić information content (AvgIpc) is 2.42. The third kappa shape index (κ3) is 5.58. The molecule has 1 aromatic rings. The Balaban J connectivity index is 2.63. The molecule has 0 bridgehead atoms. The van der Waals surface area contributed by atoms with Gasteiger partial charge in [0.05, 0.1) is 11.3 Å². The minimum Gasteiger partial charge on any atom is -0.478 e. The second kappa shape index (κ2) is 8.46. The highest BCUT2D eigenvalue weighted by atomic mass is 32.2. The number of aromatic carboxylic acids is 1. The number of hydrogen-bond donors (Lipinski definition) is 3. The van der Waals surface area contributed by atoms with Crippen LogP contribution in [0.15, 0.2) is 12.1 Å². The smallest absolute Gasteiger partial charge is 0.337 e. The zero-order valence-electron chi connectivity index (χ0n) is 11.4. The van der Waals surface area contributed by atoms with Crippen molar-refractivity contribution in [1.29, 1.82) is 0 Å². The van der Waals surface area contributed by atoms with Crippen molar-refractivity contribution in [3.8, 4) is 0 Å². The maximum atomic E-state index is 13.1. The molecular weight excluding hydrogens is 302 g/mol. The van der Waals surface area contributed by atoms with Gasteiger partial charge < -0.3 is 15.7 Å². The van der Waals surface area contributed by atoms with Crippen LogP contribution in [-0.2, 0) is 0 Å². The van der Waals surface area contributed by atoms with Crippen molar-refractivity contribution >= 4 is 29.4 Å². The molecule has 0 aliphatic rings. The summed E-state index contributed by atoms with van der Waals surface area (Å²) >= 11 is 1.70. The van der Waals surface area contributed by atoms with Crippen molar-refractivity contribution in [2.24, 2.45) is 0 Å². The largest absolute Gasteiger partial charge is 0.478 e. The summed E-state index contributed by atoms with van der Waals surface area (Å²) in [6.07, 6.45) is 3.70. The van der Waals surface area contributed by atoms with Gasteiger partial charge >= 0.3 is 12.0 Å². The number of anilines is 1. The lowest BCUT2D eigenvalue weighted by Gasteiger charge is -2.10. The molecule has 0 aliphatic carbocycles. The topological polar surface area (TPSA) is 78.4 Å². The predicted octanol–water partition coefficient (Wildman–Crippen LogP) is 2.93. The van der Waals surface area contributed by atoms with E-state index >= 15 is 0 Å². The zero-order chi connectivity index (χ0) is 15.8. The number of benzene rings is 1. The molecule has 0 fully saturated rings. The molecule has 21 heavy (non-hydrogen) atoms. The molecule has 0 aliphatic heterocycles. The molecule has 0 radical (unpaired) electrons. The highest BCUT2D eigenvalue weighted by Crippen LogP contribution is 2.20. The lowest BCUT2D eigenvalue weighted by atomic mass is 10.1. The second-order valence-electron chi connectivity index (χ2n) is 4.20. The van der Waals surface area contributed by atoms with Gasteiger partial charge in [0.25, 0.3) is 0 Å². The van der Waals surface area contributed by atoms with Crippen LogP contribution in [0.4, 0.5) is 19.3 Å². The molecule has 0 atom stereocenters. The molecule has 0 spiro atoms. The van der Waals surface area contributed by atoms with Gasteiger partial charge in [-0.3, -0.25) is 0 Å². The van der Waals surface area contributed by atoms with Crippen LogP contribution in [0.5, 0.6) is 0 Å². The Labute approximate surface area is 125 Å². The Kier molecular flexibility index (Phi) is 6.93. The van der Waals surface area contributed by atoms with Gasteiger partial charge in [-0.2, -0.15) is 11.8 Å². The normalized spacial score (nSPS) is 10.2. The summed E-state index contributed by atoms with van der Waals surface area (Å²) in [4.78, 5) is 22.5. The number of hydrogen-bond acceptors (Lipinski definition) is 3. The highest BCUT2D eigenvalue weighted by molar-refractivity contribution is 7.98. The first-order chi connectivity index (χ1) is 9.95. The van der Waals surface area contributed by atoms with Gasteiger partial charge in [0.1, 0.15) is 0 Å². The van der Waals surface area contributed by atoms with Crippen molar-refractivity contribution in [2.45, 2.75) is 12.8 Å². The van der Waals surface area contributed by atoms with Crippen LogP contribution < -0.4 is 10.6 Å². The van der Waals surface area contributed by atoms with Crippen molar-refractivity contribution in [2.75, 3.05) is 23.9 Å². The molecule has 3 N–H and O–H groups in total. The first kappa shape index (κ1) is 17.2. The molecule has 8 heteroatoms. The van der Waals surface area contributed by atoms with E-state index in [0.29, 0.717) is 18.7 Å². The Morgan fingerprint density at radius 1 is 1.24 bits per heavy atom. The third-order valence-corrected chi connectivity index (χ3v) is 3.30. The average molecular weight is 318 g/mol. The van der Waals surface area contributed by atoms with Crippen LogP contribution in [0.1, 0.15) is 23.2 Å². The third-order valence-electron chi connectivity index (χ3n) is 2.60. The number of halogens is 2. The number of nitrogens with one attached hydrogen (secondary N) is 2. The zero-order valence-corrected chi connectivity index (χ0v) is 12.2. The molecule has 0 saturated heterocycles. The molecule has 0 aromatic heterocycles. The molecule has 0 heterocycles. The number of carbonyl (C=O) groups excluding carboxylic acids is 1. The van der Waals surface area contributed by atoms with Crippen molar-refractivity contribution in [3.05, 3.63) is 29.3 Å². The first-order valence-corrected chi connectivity index (χ1v) is 7.61. The van der Waals surface area contributed by atoms with Crippen LogP contribution in [0.25, 0.3) is 0 Å². The van der Waals surface area contributed by atoms with Gasteiger partial charge in [0.15, 0.2) is 11.6 Å². The minimum absolute atomic E-state index is 0.289. The maximum absolute atomic E-state index is 13.1. The van der Waals surface area contributed by atoms with Crippen LogP contribution in [-0.4, -0.2) is 35.7 Å². The van der Waals surface area contributed by atoms with E-state index in [4.69, 9.17) is 5.11 Å². The molecule has 0 saturated carbocycles. The summed E-state index contributed by atoms with van der Waals surface area (Å²) < 4.78 is 26.1. The van der Waals surface area contributed by atoms with Gasteiger partial charge in [-0.15, -0.1) is 0 Å². The van der Waals surface area contributed by atoms with E-state index in [1.807, 2.05) is 6.26 Å². The molecule has 5 nitrogen and oxygen atoms in total. The number of thioether (sulfide) groups is 1. The standard InChI is InChI=1S/C13H16F2N2O3S/c1-21-5-3-2-4-16-13(20)17-11-7-10(15)9(14)6-8(11)12(18)19/h6-7H,2-5H2,1H3,(H,18,19)(H2,16,17,20). The van der Waals surface area contributed by atoms with Gasteiger partial charge in [-0.05, 0) is 30.9 Å². The van der Waals surface area contributed by atoms with E-state index in [9.17, 15) is 18.4 Å². The van der Waals surface area contributed by atoms with Crippen molar-refractivity contribution < 1.29 is 23.5 Å². The SMILES string of the molecule is CSCCCCNC(=O)Nc1cc(F)c(F)cc1C(=O)O. The quantitative estimate of drug-likeness (QED) is 0.676. The summed E-state index contributed by atoms with van der Waals surface area (Å²) in [5, 5.41) is 13.6. The van der Waals surface area contributed by atoms with Gasteiger partial charge in [-0.1, -0.05) is 0 Å². The van der Waals surface area contributed by atoms with Crippen molar-refractivity contribution in [1.82, 2.24) is 5.32 Å². The van der Waals surface area contributed by atoms with Gasteiger partial charge in [0, 0.05) is 12.6 Å². The first-order valence-electron chi connectivity index (χ1n) is 6.21. The summed E-state index contributed by atoms with van der Waals surface area (Å²) in [7, 11) is 0. The molecular formula is C13H16F2N2O3S. The fraction of sp³-hybridized carbons (Fsp3) is 0.385. The van der Waals surface area contributed by atoms with Crippen LogP contribution >= 0.6 is 11.8 Å². The van der Waals surface area contributed by atoms with E-state index in [1.54, 1.807) is 11.8 Å². The number of carbonyl (C=O) groups is 2. The molecule has 0 unspecified atom stereocenters. The summed E-state index contributed by atoms with van der Waals surface area (Å²) in [5.74, 6) is -2.98. The fourth-order valence-corrected chi connectivity index (χ4v) is 2.06. The molecule has 1 rings (SSSR count). The van der Waals surface area contributed by atoms with E-state index in [-0.39, 0.29) is 5.69 Å². The Bertz CT molecular complexity index is 526. The molecule has 1 aromatic carbocycles. The van der Waals surface area contributed by atoms with E-state index in [1.165, 1.54) is 0 Å². The van der Waals surface area contributed by atoms with Gasteiger partial charge in [0.2, 0.25) is 0 Å². The Hall–Kier alpha value is -1.83.